The zero-order chi connectivity index (χ0) is 14.1. The summed E-state index contributed by atoms with van der Waals surface area (Å²) in [5.74, 6) is -0.361. The normalized spacial score (nSPS) is 18.1. The Labute approximate surface area is 116 Å². The standard InChI is InChI=1S/C15H14N2O3/c1-10-9-17(15(19)13-7-4-8-20-13)12-6-3-2-5-11(12)16-14(10)18/h2-8,10H,9H2,1H3,(H,16,18). The first kappa shape index (κ1) is 12.5. The van der Waals surface area contributed by atoms with Crippen LogP contribution in [-0.2, 0) is 4.79 Å². The summed E-state index contributed by atoms with van der Waals surface area (Å²) in [5.41, 5.74) is 1.33. The highest BCUT2D eigenvalue weighted by atomic mass is 16.3. The Balaban J connectivity index is 2.05. The van der Waals surface area contributed by atoms with Gasteiger partial charge in [-0.3, -0.25) is 9.59 Å². The quantitative estimate of drug-likeness (QED) is 0.866. The molecule has 1 N–H and O–H groups in total. The molecule has 5 nitrogen and oxygen atoms in total. The molecule has 2 heterocycles. The molecule has 3 rings (SSSR count). The number of hydrogen-bond acceptors (Lipinski definition) is 3. The lowest BCUT2D eigenvalue weighted by Crippen LogP contribution is -2.35. The third kappa shape index (κ3) is 2.07. The van der Waals surface area contributed by atoms with Crippen LogP contribution in [0.5, 0.6) is 0 Å². The summed E-state index contributed by atoms with van der Waals surface area (Å²) in [6.45, 7) is 2.12. The molecule has 1 atom stereocenters. The number of nitrogens with zero attached hydrogens (tertiary/aromatic N) is 1. The van der Waals surface area contributed by atoms with Crippen LogP contribution < -0.4 is 10.2 Å². The van der Waals surface area contributed by atoms with E-state index >= 15 is 0 Å². The van der Waals surface area contributed by atoms with E-state index in [0.29, 0.717) is 17.9 Å². The van der Waals surface area contributed by atoms with Crippen molar-refractivity contribution in [2.75, 3.05) is 16.8 Å². The van der Waals surface area contributed by atoms with Gasteiger partial charge in [0.15, 0.2) is 5.76 Å². The molecule has 5 heteroatoms. The van der Waals surface area contributed by atoms with Gasteiger partial charge in [0.25, 0.3) is 5.91 Å². The van der Waals surface area contributed by atoms with Gasteiger partial charge < -0.3 is 14.6 Å². The Morgan fingerprint density at radius 3 is 2.85 bits per heavy atom. The van der Waals surface area contributed by atoms with Crippen molar-refractivity contribution in [3.05, 3.63) is 48.4 Å². The van der Waals surface area contributed by atoms with Crippen molar-refractivity contribution in [1.29, 1.82) is 0 Å². The molecule has 0 aliphatic carbocycles. The zero-order valence-electron chi connectivity index (χ0n) is 11.0. The molecule has 1 aliphatic heterocycles. The van der Waals surface area contributed by atoms with Gasteiger partial charge in [-0.1, -0.05) is 19.1 Å². The van der Waals surface area contributed by atoms with Crippen LogP contribution in [0.25, 0.3) is 0 Å². The van der Waals surface area contributed by atoms with Gasteiger partial charge in [-0.15, -0.1) is 0 Å². The van der Waals surface area contributed by atoms with E-state index < -0.39 is 0 Å². The smallest absolute Gasteiger partial charge is 0.294 e. The number of fused-ring (bicyclic) bond motifs is 1. The van der Waals surface area contributed by atoms with Gasteiger partial charge in [0, 0.05) is 6.54 Å². The molecule has 1 aromatic carbocycles. The van der Waals surface area contributed by atoms with Crippen LogP contribution in [0, 0.1) is 5.92 Å². The molecule has 102 valence electrons. The molecule has 0 fully saturated rings. The molecule has 2 aromatic rings. The Bertz CT molecular complexity index is 649. The van der Waals surface area contributed by atoms with Crippen molar-refractivity contribution < 1.29 is 14.0 Å². The largest absolute Gasteiger partial charge is 0.459 e. The molecule has 20 heavy (non-hydrogen) atoms. The molecular formula is C15H14N2O3. The lowest BCUT2D eigenvalue weighted by Gasteiger charge is -2.22. The highest BCUT2D eigenvalue weighted by molar-refractivity contribution is 6.09. The number of para-hydroxylation sites is 2. The first-order valence-electron chi connectivity index (χ1n) is 6.42. The van der Waals surface area contributed by atoms with E-state index in [4.69, 9.17) is 4.42 Å². The second-order valence-corrected chi connectivity index (χ2v) is 4.80. The monoisotopic (exact) mass is 270 g/mol. The Hall–Kier alpha value is -2.56. The van der Waals surface area contributed by atoms with Gasteiger partial charge in [-0.05, 0) is 24.3 Å². The number of anilines is 2. The summed E-state index contributed by atoms with van der Waals surface area (Å²) in [7, 11) is 0. The topological polar surface area (TPSA) is 62.6 Å². The van der Waals surface area contributed by atoms with Crippen LogP contribution in [-0.4, -0.2) is 18.4 Å². The van der Waals surface area contributed by atoms with E-state index in [-0.39, 0.29) is 23.5 Å². The number of carbonyl (C=O) groups excluding carboxylic acids is 2. The molecule has 1 aliphatic rings. The number of benzene rings is 1. The van der Waals surface area contributed by atoms with E-state index in [1.807, 2.05) is 18.2 Å². The molecule has 0 radical (unpaired) electrons. The van der Waals surface area contributed by atoms with Gasteiger partial charge in [0.2, 0.25) is 5.91 Å². The highest BCUT2D eigenvalue weighted by Crippen LogP contribution is 2.30. The molecule has 0 bridgehead atoms. The van der Waals surface area contributed by atoms with E-state index in [1.54, 1.807) is 30.0 Å². The van der Waals surface area contributed by atoms with E-state index in [0.717, 1.165) is 0 Å². The molecule has 0 saturated heterocycles. The van der Waals surface area contributed by atoms with Gasteiger partial charge in [-0.25, -0.2) is 0 Å². The molecule has 0 saturated carbocycles. The third-order valence-corrected chi connectivity index (χ3v) is 3.33. The maximum absolute atomic E-state index is 12.5. The zero-order valence-corrected chi connectivity index (χ0v) is 11.0. The second-order valence-electron chi connectivity index (χ2n) is 4.80. The molecule has 2 amide bonds. The van der Waals surface area contributed by atoms with Crippen LogP contribution in [0.1, 0.15) is 17.5 Å². The second kappa shape index (κ2) is 4.85. The molecule has 1 unspecified atom stereocenters. The first-order valence-corrected chi connectivity index (χ1v) is 6.42. The fraction of sp³-hybridized carbons (Fsp3) is 0.200. The summed E-state index contributed by atoms with van der Waals surface area (Å²) in [5, 5.41) is 2.84. The third-order valence-electron chi connectivity index (χ3n) is 3.33. The number of rotatable bonds is 1. The molecule has 1 aromatic heterocycles. The highest BCUT2D eigenvalue weighted by Gasteiger charge is 2.29. The van der Waals surface area contributed by atoms with Crippen LogP contribution in [0.4, 0.5) is 11.4 Å². The Morgan fingerprint density at radius 1 is 1.30 bits per heavy atom. The number of nitrogens with one attached hydrogen (secondary N) is 1. The van der Waals surface area contributed by atoms with E-state index in [2.05, 4.69) is 5.32 Å². The number of carbonyl (C=O) groups is 2. The fourth-order valence-electron chi connectivity index (χ4n) is 2.25. The van der Waals surface area contributed by atoms with Crippen molar-refractivity contribution in [2.24, 2.45) is 5.92 Å². The summed E-state index contributed by atoms with van der Waals surface area (Å²) in [4.78, 5) is 26.1. The van der Waals surface area contributed by atoms with Crippen molar-refractivity contribution >= 4 is 23.2 Å². The summed E-state index contributed by atoms with van der Waals surface area (Å²) < 4.78 is 5.17. The maximum Gasteiger partial charge on any atom is 0.294 e. The average Bonchev–Trinajstić information content (AvgIpc) is 2.94. The average molecular weight is 270 g/mol. The number of hydrogen-bond donors (Lipinski definition) is 1. The predicted octanol–water partition coefficient (Wildman–Crippen LogP) is 2.51. The molecular weight excluding hydrogens is 256 g/mol. The lowest BCUT2D eigenvalue weighted by molar-refractivity contribution is -0.119. The van der Waals surface area contributed by atoms with Crippen molar-refractivity contribution in [2.45, 2.75) is 6.92 Å². The summed E-state index contributed by atoms with van der Waals surface area (Å²) in [6.07, 6.45) is 1.46. The predicted molar refractivity (Wildman–Crippen MR) is 74.6 cm³/mol. The lowest BCUT2D eigenvalue weighted by atomic mass is 10.1. The van der Waals surface area contributed by atoms with Crippen LogP contribution in [0.15, 0.2) is 47.1 Å². The maximum atomic E-state index is 12.5. The first-order chi connectivity index (χ1) is 9.66. The number of furan rings is 1. The van der Waals surface area contributed by atoms with Gasteiger partial charge in [0.1, 0.15) is 0 Å². The SMILES string of the molecule is CC1CN(C(=O)c2ccco2)c2ccccc2NC1=O. The Kier molecular flexibility index (Phi) is 3.02. The van der Waals surface area contributed by atoms with Crippen molar-refractivity contribution in [1.82, 2.24) is 0 Å². The van der Waals surface area contributed by atoms with Crippen LogP contribution in [0.2, 0.25) is 0 Å². The minimum atomic E-state index is -0.290. The van der Waals surface area contributed by atoms with Gasteiger partial charge >= 0.3 is 0 Å². The van der Waals surface area contributed by atoms with E-state index in [1.165, 1.54) is 6.26 Å². The van der Waals surface area contributed by atoms with Crippen LogP contribution >= 0.6 is 0 Å². The van der Waals surface area contributed by atoms with E-state index in [9.17, 15) is 9.59 Å². The van der Waals surface area contributed by atoms with Gasteiger partial charge in [-0.2, -0.15) is 0 Å². The van der Waals surface area contributed by atoms with Crippen LogP contribution in [0.3, 0.4) is 0 Å². The van der Waals surface area contributed by atoms with Gasteiger partial charge in [0.05, 0.1) is 23.6 Å². The Morgan fingerprint density at radius 2 is 2.10 bits per heavy atom. The fourth-order valence-corrected chi connectivity index (χ4v) is 2.25. The molecule has 0 spiro atoms. The summed E-state index contributed by atoms with van der Waals surface area (Å²) >= 11 is 0. The number of amides is 2. The minimum Gasteiger partial charge on any atom is -0.459 e. The van der Waals surface area contributed by atoms with Crippen molar-refractivity contribution in [3.63, 3.8) is 0 Å². The summed E-state index contributed by atoms with van der Waals surface area (Å²) in [6, 6.07) is 10.6. The minimum absolute atomic E-state index is 0.0906. The van der Waals surface area contributed by atoms with Crippen molar-refractivity contribution in [3.8, 4) is 0 Å².